The van der Waals surface area contributed by atoms with Crippen molar-refractivity contribution in [2.75, 3.05) is 45.5 Å². The summed E-state index contributed by atoms with van der Waals surface area (Å²) in [7, 11) is -3.14. The van der Waals surface area contributed by atoms with Crippen LogP contribution in [0.15, 0.2) is 24.3 Å². The zero-order valence-electron chi connectivity index (χ0n) is 17.3. The molecule has 0 unspecified atom stereocenters. The minimum absolute atomic E-state index is 0.0341. The standard InChI is InChI=1S/C21H33N3O3S/c1-17(2)19-6-4-18(5-7-19)16-22-12-14-23(15-13-22)21(25)20-8-10-24(11-9-20)28(3,26)27/h4-7,17,20H,8-16H2,1-3H3. The highest BCUT2D eigenvalue weighted by Gasteiger charge is 2.32. The summed E-state index contributed by atoms with van der Waals surface area (Å²) in [6.45, 7) is 9.55. The number of hydrogen-bond donors (Lipinski definition) is 0. The first-order chi connectivity index (χ1) is 13.2. The molecular formula is C21H33N3O3S. The fourth-order valence-corrected chi connectivity index (χ4v) is 4.96. The van der Waals surface area contributed by atoms with E-state index in [-0.39, 0.29) is 11.8 Å². The van der Waals surface area contributed by atoms with Gasteiger partial charge in [0.25, 0.3) is 0 Å². The lowest BCUT2D eigenvalue weighted by atomic mass is 9.96. The molecule has 1 aromatic rings. The number of benzene rings is 1. The van der Waals surface area contributed by atoms with Gasteiger partial charge in [0.05, 0.1) is 6.26 Å². The van der Waals surface area contributed by atoms with E-state index in [1.54, 1.807) is 0 Å². The molecule has 0 radical (unpaired) electrons. The van der Waals surface area contributed by atoms with Gasteiger partial charge in [-0.2, -0.15) is 0 Å². The van der Waals surface area contributed by atoms with E-state index in [4.69, 9.17) is 0 Å². The fourth-order valence-electron chi connectivity index (χ4n) is 4.09. The van der Waals surface area contributed by atoms with E-state index in [2.05, 4.69) is 43.0 Å². The molecule has 0 N–H and O–H groups in total. The van der Waals surface area contributed by atoms with Crippen LogP contribution in [0.1, 0.15) is 43.7 Å². The Balaban J connectivity index is 1.45. The van der Waals surface area contributed by atoms with Crippen molar-refractivity contribution < 1.29 is 13.2 Å². The Kier molecular flexibility index (Phi) is 6.78. The lowest BCUT2D eigenvalue weighted by Crippen LogP contribution is -2.51. The summed E-state index contributed by atoms with van der Waals surface area (Å²) < 4.78 is 24.7. The lowest BCUT2D eigenvalue weighted by Gasteiger charge is -2.38. The molecule has 6 nitrogen and oxygen atoms in total. The van der Waals surface area contributed by atoms with Crippen LogP contribution in [0.4, 0.5) is 0 Å². The van der Waals surface area contributed by atoms with Gasteiger partial charge in [-0.25, -0.2) is 12.7 Å². The third kappa shape index (κ3) is 5.33. The van der Waals surface area contributed by atoms with Gasteiger partial charge in [-0.05, 0) is 29.9 Å². The number of nitrogens with zero attached hydrogens (tertiary/aromatic N) is 3. The Hall–Kier alpha value is -1.44. The van der Waals surface area contributed by atoms with Gasteiger partial charge in [-0.3, -0.25) is 9.69 Å². The van der Waals surface area contributed by atoms with Gasteiger partial charge in [0.1, 0.15) is 0 Å². The summed E-state index contributed by atoms with van der Waals surface area (Å²) in [5, 5.41) is 0. The van der Waals surface area contributed by atoms with Gasteiger partial charge < -0.3 is 4.90 Å². The van der Waals surface area contributed by atoms with Crippen LogP contribution in [0, 0.1) is 5.92 Å². The predicted molar refractivity (Wildman–Crippen MR) is 112 cm³/mol. The quantitative estimate of drug-likeness (QED) is 0.750. The number of piperidine rings is 1. The van der Waals surface area contributed by atoms with Crippen molar-refractivity contribution in [2.24, 2.45) is 5.92 Å². The van der Waals surface area contributed by atoms with E-state index in [0.29, 0.717) is 31.8 Å². The van der Waals surface area contributed by atoms with Gasteiger partial charge in [-0.1, -0.05) is 38.1 Å². The molecule has 2 heterocycles. The molecule has 7 heteroatoms. The monoisotopic (exact) mass is 407 g/mol. The first-order valence-corrected chi connectivity index (χ1v) is 12.1. The second-order valence-electron chi connectivity index (χ2n) is 8.43. The normalized spacial score (nSPS) is 20.6. The average Bonchev–Trinajstić information content (AvgIpc) is 2.68. The summed E-state index contributed by atoms with van der Waals surface area (Å²) in [4.78, 5) is 17.2. The van der Waals surface area contributed by atoms with Gasteiger partial charge in [0.2, 0.25) is 15.9 Å². The molecule has 0 bridgehead atoms. The maximum Gasteiger partial charge on any atom is 0.225 e. The largest absolute Gasteiger partial charge is 0.340 e. The first-order valence-electron chi connectivity index (χ1n) is 10.3. The van der Waals surface area contributed by atoms with Crippen molar-refractivity contribution in [3.05, 3.63) is 35.4 Å². The lowest BCUT2D eigenvalue weighted by molar-refractivity contribution is -0.138. The minimum Gasteiger partial charge on any atom is -0.340 e. The molecule has 2 fully saturated rings. The SMILES string of the molecule is CC(C)c1ccc(CN2CCN(C(=O)C3CCN(S(C)(=O)=O)CC3)CC2)cc1. The smallest absolute Gasteiger partial charge is 0.225 e. The van der Waals surface area contributed by atoms with Gasteiger partial charge in [-0.15, -0.1) is 0 Å². The van der Waals surface area contributed by atoms with Crippen LogP contribution >= 0.6 is 0 Å². The Labute approximate surface area is 169 Å². The van der Waals surface area contributed by atoms with E-state index in [0.717, 1.165) is 32.7 Å². The van der Waals surface area contributed by atoms with Crippen LogP contribution in [0.2, 0.25) is 0 Å². The average molecular weight is 408 g/mol. The molecule has 0 atom stereocenters. The Morgan fingerprint density at radius 2 is 1.57 bits per heavy atom. The van der Waals surface area contributed by atoms with Crippen LogP contribution < -0.4 is 0 Å². The molecule has 2 saturated heterocycles. The zero-order chi connectivity index (χ0) is 20.3. The zero-order valence-corrected chi connectivity index (χ0v) is 18.1. The number of hydrogen-bond acceptors (Lipinski definition) is 4. The van der Waals surface area contributed by atoms with Crippen LogP contribution in [0.5, 0.6) is 0 Å². The van der Waals surface area contributed by atoms with Crippen molar-refractivity contribution in [1.29, 1.82) is 0 Å². The number of carbonyl (C=O) groups is 1. The second-order valence-corrected chi connectivity index (χ2v) is 10.4. The van der Waals surface area contributed by atoms with Gasteiger partial charge >= 0.3 is 0 Å². The van der Waals surface area contributed by atoms with Crippen LogP contribution in [-0.4, -0.2) is 74.0 Å². The van der Waals surface area contributed by atoms with Gasteiger partial charge in [0, 0.05) is 51.7 Å². The molecule has 1 amide bonds. The molecule has 0 aliphatic carbocycles. The van der Waals surface area contributed by atoms with Crippen LogP contribution in [0.25, 0.3) is 0 Å². The summed E-state index contributed by atoms with van der Waals surface area (Å²) in [5.74, 6) is 0.718. The van der Waals surface area contributed by atoms with Crippen molar-refractivity contribution in [3.63, 3.8) is 0 Å². The topological polar surface area (TPSA) is 60.9 Å². The molecule has 0 aromatic heterocycles. The van der Waals surface area contributed by atoms with E-state index in [1.165, 1.54) is 21.7 Å². The number of carbonyl (C=O) groups excluding carboxylic acids is 1. The van der Waals surface area contributed by atoms with E-state index in [1.807, 2.05) is 4.90 Å². The third-order valence-electron chi connectivity index (χ3n) is 6.01. The Morgan fingerprint density at radius 1 is 1.00 bits per heavy atom. The molecule has 2 aliphatic heterocycles. The Morgan fingerprint density at radius 3 is 2.07 bits per heavy atom. The first kappa shape index (κ1) is 21.3. The fraction of sp³-hybridized carbons (Fsp3) is 0.667. The number of sulfonamides is 1. The summed E-state index contributed by atoms with van der Waals surface area (Å²) >= 11 is 0. The summed E-state index contributed by atoms with van der Waals surface area (Å²) in [5.41, 5.74) is 2.68. The maximum absolute atomic E-state index is 12.8. The highest BCUT2D eigenvalue weighted by Crippen LogP contribution is 2.22. The maximum atomic E-state index is 12.8. The second kappa shape index (κ2) is 8.93. The van der Waals surface area contributed by atoms with E-state index < -0.39 is 10.0 Å². The highest BCUT2D eigenvalue weighted by atomic mass is 32.2. The predicted octanol–water partition coefficient (Wildman–Crippen LogP) is 2.13. The molecular weight excluding hydrogens is 374 g/mol. The minimum atomic E-state index is -3.14. The Bertz CT molecular complexity index is 761. The molecule has 0 spiro atoms. The van der Waals surface area contributed by atoms with E-state index in [9.17, 15) is 13.2 Å². The molecule has 1 aromatic carbocycles. The molecule has 3 rings (SSSR count). The molecule has 28 heavy (non-hydrogen) atoms. The van der Waals surface area contributed by atoms with Crippen molar-refractivity contribution in [3.8, 4) is 0 Å². The van der Waals surface area contributed by atoms with Crippen molar-refractivity contribution >= 4 is 15.9 Å². The van der Waals surface area contributed by atoms with Gasteiger partial charge in [0.15, 0.2) is 0 Å². The number of piperazine rings is 1. The third-order valence-corrected chi connectivity index (χ3v) is 7.31. The van der Waals surface area contributed by atoms with Crippen LogP contribution in [0.3, 0.4) is 0 Å². The van der Waals surface area contributed by atoms with Crippen LogP contribution in [-0.2, 0) is 21.4 Å². The van der Waals surface area contributed by atoms with Crippen molar-refractivity contribution in [2.45, 2.75) is 39.2 Å². The molecule has 0 saturated carbocycles. The highest BCUT2D eigenvalue weighted by molar-refractivity contribution is 7.88. The number of rotatable bonds is 5. The summed E-state index contributed by atoms with van der Waals surface area (Å²) in [6, 6.07) is 8.84. The molecule has 2 aliphatic rings. The molecule has 156 valence electrons. The summed E-state index contributed by atoms with van der Waals surface area (Å²) in [6.07, 6.45) is 2.51. The van der Waals surface area contributed by atoms with Crippen molar-refractivity contribution in [1.82, 2.24) is 14.1 Å². The number of amides is 1. The van der Waals surface area contributed by atoms with E-state index >= 15 is 0 Å².